The molecule has 4 nitrogen and oxygen atoms in total. The molecule has 0 spiro atoms. The fourth-order valence-corrected chi connectivity index (χ4v) is 6.40. The molecular weight excluding hydrogens is 394 g/mol. The van der Waals surface area contributed by atoms with Crippen LogP contribution in [0.2, 0.25) is 0 Å². The smallest absolute Gasteiger partial charge is 0.295 e. The van der Waals surface area contributed by atoms with Gasteiger partial charge in [0.2, 0.25) is 0 Å². The van der Waals surface area contributed by atoms with Gasteiger partial charge in [0.15, 0.2) is 0 Å². The summed E-state index contributed by atoms with van der Waals surface area (Å²) in [5.41, 5.74) is 4.55. The van der Waals surface area contributed by atoms with Crippen LogP contribution in [0.15, 0.2) is 35.2 Å². The van der Waals surface area contributed by atoms with Crippen molar-refractivity contribution in [3.63, 3.8) is 0 Å². The molecule has 156 valence electrons. The molecule has 2 aromatic rings. The number of aliphatic hydroxyl groups is 1. The molecule has 1 amide bonds. The average molecular weight is 422 g/mol. The molecule has 30 heavy (non-hydrogen) atoms. The predicted molar refractivity (Wildman–Crippen MR) is 119 cm³/mol. The van der Waals surface area contributed by atoms with E-state index in [4.69, 9.17) is 0 Å². The quantitative estimate of drug-likeness (QED) is 0.416. The highest BCUT2D eigenvalue weighted by Crippen LogP contribution is 2.46. The lowest BCUT2D eigenvalue weighted by Gasteiger charge is -2.30. The van der Waals surface area contributed by atoms with Crippen molar-refractivity contribution in [2.24, 2.45) is 0 Å². The summed E-state index contributed by atoms with van der Waals surface area (Å²) in [5, 5.41) is 13.3. The molecule has 1 aliphatic heterocycles. The number of nitrogens with zero attached hydrogens (tertiary/aromatic N) is 1. The Labute approximate surface area is 181 Å². The van der Waals surface area contributed by atoms with Crippen molar-refractivity contribution in [3.8, 4) is 0 Å². The predicted octanol–water partition coefficient (Wildman–Crippen LogP) is 5.30. The Morgan fingerprint density at radius 3 is 2.47 bits per heavy atom. The summed E-state index contributed by atoms with van der Waals surface area (Å²) in [5.74, 6) is -1.03. The molecule has 2 fully saturated rings. The van der Waals surface area contributed by atoms with Crippen molar-refractivity contribution in [1.82, 2.24) is 4.90 Å². The second kappa shape index (κ2) is 7.69. The summed E-state index contributed by atoms with van der Waals surface area (Å²) in [6.45, 7) is 2.01. The fraction of sp³-hybridized carbons (Fsp3) is 0.440. The first-order valence-corrected chi connectivity index (χ1v) is 11.9. The third-order valence-electron chi connectivity index (χ3n) is 6.97. The number of aryl methyl sites for hydroxylation is 3. The Balaban J connectivity index is 1.65. The SMILES string of the molecule is Cc1ccsc1C1/C(=C(/O)c2ccc3c(c2)CCCC3)C(=O)C(=O)N1C1CCCC1. The maximum Gasteiger partial charge on any atom is 0.295 e. The van der Waals surface area contributed by atoms with E-state index in [-0.39, 0.29) is 17.4 Å². The fourth-order valence-electron chi connectivity index (χ4n) is 5.37. The standard InChI is InChI=1S/C25H27NO3S/c1-15-12-13-30-24(15)21-20(23(28)25(29)26(21)19-8-4-5-9-19)22(27)18-11-10-16-6-2-3-7-17(16)14-18/h10-14,19,21,27H,2-9H2,1H3/b22-20-. The summed E-state index contributed by atoms with van der Waals surface area (Å²) < 4.78 is 0. The van der Waals surface area contributed by atoms with Crippen molar-refractivity contribution in [1.29, 1.82) is 0 Å². The molecule has 1 unspecified atom stereocenters. The van der Waals surface area contributed by atoms with Crippen LogP contribution in [0.1, 0.15) is 71.7 Å². The molecule has 5 rings (SSSR count). The molecule has 1 aromatic carbocycles. The third-order valence-corrected chi connectivity index (χ3v) is 8.04. The van der Waals surface area contributed by atoms with E-state index in [9.17, 15) is 14.7 Å². The number of hydrogen-bond donors (Lipinski definition) is 1. The lowest BCUT2D eigenvalue weighted by molar-refractivity contribution is -0.141. The number of likely N-dealkylation sites (tertiary alicyclic amines) is 1. The molecule has 1 saturated carbocycles. The van der Waals surface area contributed by atoms with Crippen LogP contribution in [0.4, 0.5) is 0 Å². The van der Waals surface area contributed by atoms with Crippen molar-refractivity contribution in [3.05, 3.63) is 62.3 Å². The number of hydrogen-bond acceptors (Lipinski definition) is 4. The van der Waals surface area contributed by atoms with Crippen LogP contribution < -0.4 is 0 Å². The maximum absolute atomic E-state index is 13.2. The minimum atomic E-state index is -0.546. The van der Waals surface area contributed by atoms with Crippen molar-refractivity contribution >= 4 is 28.8 Å². The van der Waals surface area contributed by atoms with Crippen LogP contribution in [0.25, 0.3) is 5.76 Å². The van der Waals surface area contributed by atoms with Gasteiger partial charge in [-0.15, -0.1) is 11.3 Å². The van der Waals surface area contributed by atoms with Gasteiger partial charge in [-0.05, 0) is 79.7 Å². The lowest BCUT2D eigenvalue weighted by Crippen LogP contribution is -2.37. The number of amides is 1. The number of aliphatic hydroxyl groups excluding tert-OH is 1. The van der Waals surface area contributed by atoms with Gasteiger partial charge in [0.25, 0.3) is 11.7 Å². The summed E-state index contributed by atoms with van der Waals surface area (Å²) in [4.78, 5) is 29.1. The Kier molecular flexibility index (Phi) is 5.02. The molecule has 0 bridgehead atoms. The zero-order valence-corrected chi connectivity index (χ0v) is 18.1. The van der Waals surface area contributed by atoms with Gasteiger partial charge in [0, 0.05) is 16.5 Å². The van der Waals surface area contributed by atoms with Gasteiger partial charge < -0.3 is 10.0 Å². The molecule has 2 aliphatic carbocycles. The molecule has 3 aliphatic rings. The van der Waals surface area contributed by atoms with Gasteiger partial charge in [0.05, 0.1) is 5.57 Å². The number of rotatable bonds is 3. The number of Topliss-reactive ketones (excluding diaryl/α,β-unsaturated/α-hetero) is 1. The highest BCUT2D eigenvalue weighted by molar-refractivity contribution is 7.10. The molecule has 1 N–H and O–H groups in total. The molecule has 2 heterocycles. The van der Waals surface area contributed by atoms with Gasteiger partial charge in [-0.2, -0.15) is 0 Å². The van der Waals surface area contributed by atoms with Crippen molar-refractivity contribution in [2.75, 3.05) is 0 Å². The number of carbonyl (C=O) groups is 2. The number of fused-ring (bicyclic) bond motifs is 1. The van der Waals surface area contributed by atoms with Crippen molar-refractivity contribution in [2.45, 2.75) is 70.4 Å². The second-order valence-corrected chi connectivity index (χ2v) is 9.75. The molecule has 1 saturated heterocycles. The van der Waals surface area contributed by atoms with Crippen LogP contribution in [0.5, 0.6) is 0 Å². The van der Waals surface area contributed by atoms with E-state index in [2.05, 4.69) is 6.07 Å². The van der Waals surface area contributed by atoms with Crippen LogP contribution in [-0.2, 0) is 22.4 Å². The van der Waals surface area contributed by atoms with Gasteiger partial charge in [-0.1, -0.05) is 25.0 Å². The molecule has 0 radical (unpaired) electrons. The van der Waals surface area contributed by atoms with Gasteiger partial charge in [-0.3, -0.25) is 9.59 Å². The van der Waals surface area contributed by atoms with Crippen LogP contribution in [0.3, 0.4) is 0 Å². The van der Waals surface area contributed by atoms with E-state index >= 15 is 0 Å². The number of carbonyl (C=O) groups excluding carboxylic acids is 2. The first kappa shape index (κ1) is 19.6. The summed E-state index contributed by atoms with van der Waals surface area (Å²) in [6, 6.07) is 7.60. The van der Waals surface area contributed by atoms with Gasteiger partial charge >= 0.3 is 0 Å². The van der Waals surface area contributed by atoms with Crippen LogP contribution in [-0.4, -0.2) is 27.7 Å². The lowest BCUT2D eigenvalue weighted by atomic mass is 9.89. The Hall–Kier alpha value is -2.40. The number of thiophene rings is 1. The maximum atomic E-state index is 13.2. The van der Waals surface area contributed by atoms with E-state index in [1.54, 1.807) is 16.2 Å². The molecular formula is C25H27NO3S. The first-order valence-electron chi connectivity index (χ1n) is 11.0. The topological polar surface area (TPSA) is 57.6 Å². The number of benzene rings is 1. The van der Waals surface area contributed by atoms with E-state index in [0.717, 1.165) is 55.4 Å². The monoisotopic (exact) mass is 421 g/mol. The van der Waals surface area contributed by atoms with Crippen LogP contribution in [0, 0.1) is 6.92 Å². The van der Waals surface area contributed by atoms with Gasteiger partial charge in [0.1, 0.15) is 11.8 Å². The van der Waals surface area contributed by atoms with E-state index < -0.39 is 17.7 Å². The second-order valence-electron chi connectivity index (χ2n) is 8.80. The minimum Gasteiger partial charge on any atom is -0.507 e. The zero-order valence-electron chi connectivity index (χ0n) is 17.3. The molecule has 5 heteroatoms. The summed E-state index contributed by atoms with van der Waals surface area (Å²) in [6.07, 6.45) is 8.42. The Morgan fingerprint density at radius 2 is 1.77 bits per heavy atom. The van der Waals surface area contributed by atoms with Crippen LogP contribution >= 0.6 is 11.3 Å². The zero-order chi connectivity index (χ0) is 20.8. The number of ketones is 1. The highest BCUT2D eigenvalue weighted by Gasteiger charge is 2.50. The first-order chi connectivity index (χ1) is 14.6. The average Bonchev–Trinajstić information content (AvgIpc) is 3.48. The van der Waals surface area contributed by atoms with E-state index in [1.165, 1.54) is 17.5 Å². The Morgan fingerprint density at radius 1 is 1.03 bits per heavy atom. The summed E-state index contributed by atoms with van der Waals surface area (Å²) >= 11 is 1.56. The summed E-state index contributed by atoms with van der Waals surface area (Å²) in [7, 11) is 0. The largest absolute Gasteiger partial charge is 0.507 e. The normalized spacial score (nSPS) is 23.9. The van der Waals surface area contributed by atoms with E-state index in [0.29, 0.717) is 5.56 Å². The Bertz CT molecular complexity index is 1040. The molecule has 1 aromatic heterocycles. The van der Waals surface area contributed by atoms with E-state index in [1.807, 2.05) is 30.5 Å². The van der Waals surface area contributed by atoms with Gasteiger partial charge in [-0.25, -0.2) is 0 Å². The van der Waals surface area contributed by atoms with Crippen molar-refractivity contribution < 1.29 is 14.7 Å². The molecule has 1 atom stereocenters. The highest BCUT2D eigenvalue weighted by atomic mass is 32.1. The minimum absolute atomic E-state index is 0.0278. The third kappa shape index (κ3) is 3.11.